The number of carbonyl (C=O) groups is 1. The number of aryl methyl sites for hydroxylation is 1. The standard InChI is InChI=1S/C22H27N3OS/c1-3-24(4-2)16-17-25(21(26)15-14-18-10-6-5-7-11-18)22-23-19-12-8-9-13-20(19)27-22/h5-13H,3-4,14-17H2,1-2H3. The smallest absolute Gasteiger partial charge is 0.229 e. The van der Waals surface area contributed by atoms with Crippen molar-refractivity contribution in [2.75, 3.05) is 31.1 Å². The summed E-state index contributed by atoms with van der Waals surface area (Å²) >= 11 is 1.60. The number of carbonyl (C=O) groups excluding carboxylic acids is 1. The van der Waals surface area contributed by atoms with E-state index in [1.165, 1.54) is 5.56 Å². The first-order chi connectivity index (χ1) is 13.2. The molecule has 0 bridgehead atoms. The van der Waals surface area contributed by atoms with Crippen LogP contribution in [0, 0.1) is 0 Å². The number of hydrogen-bond donors (Lipinski definition) is 0. The van der Waals surface area contributed by atoms with E-state index in [9.17, 15) is 4.79 Å². The Balaban J connectivity index is 1.76. The van der Waals surface area contributed by atoms with Gasteiger partial charge in [-0.15, -0.1) is 0 Å². The summed E-state index contributed by atoms with van der Waals surface area (Å²) in [5, 5.41) is 0.807. The van der Waals surface area contributed by atoms with Crippen molar-refractivity contribution in [3.8, 4) is 0 Å². The molecule has 0 aliphatic carbocycles. The van der Waals surface area contributed by atoms with Crippen LogP contribution in [0.3, 0.4) is 0 Å². The predicted molar refractivity (Wildman–Crippen MR) is 115 cm³/mol. The number of anilines is 1. The number of thiazole rings is 1. The Morgan fingerprint density at radius 3 is 2.37 bits per heavy atom. The Hall–Kier alpha value is -2.24. The van der Waals surface area contributed by atoms with Crippen molar-refractivity contribution in [1.82, 2.24) is 9.88 Å². The molecule has 3 aromatic rings. The second-order valence-corrected chi connectivity index (χ2v) is 7.53. The summed E-state index contributed by atoms with van der Waals surface area (Å²) in [6.45, 7) is 7.82. The van der Waals surface area contributed by atoms with E-state index in [1.807, 2.05) is 41.3 Å². The van der Waals surface area contributed by atoms with Gasteiger partial charge in [-0.2, -0.15) is 0 Å². The summed E-state index contributed by atoms with van der Waals surface area (Å²) in [4.78, 5) is 22.0. The maximum absolute atomic E-state index is 13.1. The van der Waals surface area contributed by atoms with Crippen LogP contribution < -0.4 is 4.90 Å². The van der Waals surface area contributed by atoms with Crippen molar-refractivity contribution in [2.45, 2.75) is 26.7 Å². The van der Waals surface area contributed by atoms with E-state index in [2.05, 4.69) is 36.9 Å². The SMILES string of the molecule is CCN(CC)CCN(C(=O)CCc1ccccc1)c1nc2ccccc2s1. The molecule has 0 N–H and O–H groups in total. The monoisotopic (exact) mass is 381 g/mol. The molecule has 1 aromatic heterocycles. The van der Waals surface area contributed by atoms with E-state index in [1.54, 1.807) is 11.3 Å². The molecule has 3 rings (SSSR count). The third-order valence-corrected chi connectivity index (χ3v) is 5.88. The Labute approximate surface area is 165 Å². The molecular weight excluding hydrogens is 354 g/mol. The van der Waals surface area contributed by atoms with Gasteiger partial charge in [0, 0.05) is 19.5 Å². The second kappa shape index (κ2) is 9.62. The lowest BCUT2D eigenvalue weighted by Gasteiger charge is -2.24. The maximum Gasteiger partial charge on any atom is 0.229 e. The Morgan fingerprint density at radius 1 is 0.963 bits per heavy atom. The minimum atomic E-state index is 0.144. The van der Waals surface area contributed by atoms with Gasteiger partial charge in [0.05, 0.1) is 10.2 Å². The number of likely N-dealkylation sites (N-methyl/N-ethyl adjacent to an activating group) is 1. The van der Waals surface area contributed by atoms with Crippen molar-refractivity contribution in [3.63, 3.8) is 0 Å². The summed E-state index contributed by atoms with van der Waals surface area (Å²) in [6.07, 6.45) is 1.25. The normalized spacial score (nSPS) is 11.2. The molecule has 0 atom stereocenters. The molecule has 27 heavy (non-hydrogen) atoms. The molecule has 142 valence electrons. The minimum absolute atomic E-state index is 0.144. The summed E-state index contributed by atoms with van der Waals surface area (Å²) in [5.41, 5.74) is 2.15. The molecule has 0 unspecified atom stereocenters. The maximum atomic E-state index is 13.1. The fourth-order valence-electron chi connectivity index (χ4n) is 3.11. The average molecular weight is 382 g/mol. The highest BCUT2D eigenvalue weighted by atomic mass is 32.1. The highest BCUT2D eigenvalue weighted by Gasteiger charge is 2.20. The summed E-state index contributed by atoms with van der Waals surface area (Å²) in [7, 11) is 0. The van der Waals surface area contributed by atoms with Crippen LogP contribution in [0.25, 0.3) is 10.2 Å². The molecule has 0 fully saturated rings. The van der Waals surface area contributed by atoms with E-state index in [0.717, 1.165) is 41.4 Å². The summed E-state index contributed by atoms with van der Waals surface area (Å²) < 4.78 is 1.12. The molecule has 4 nitrogen and oxygen atoms in total. The number of fused-ring (bicyclic) bond motifs is 1. The van der Waals surface area contributed by atoms with Crippen molar-refractivity contribution < 1.29 is 4.79 Å². The zero-order chi connectivity index (χ0) is 19.1. The topological polar surface area (TPSA) is 36.4 Å². The average Bonchev–Trinajstić information content (AvgIpc) is 3.14. The van der Waals surface area contributed by atoms with Crippen molar-refractivity contribution in [1.29, 1.82) is 0 Å². The summed E-state index contributed by atoms with van der Waals surface area (Å²) in [6, 6.07) is 18.3. The van der Waals surface area contributed by atoms with Gasteiger partial charge in [-0.3, -0.25) is 9.69 Å². The summed E-state index contributed by atoms with van der Waals surface area (Å²) in [5.74, 6) is 0.144. The van der Waals surface area contributed by atoms with E-state index in [0.29, 0.717) is 13.0 Å². The van der Waals surface area contributed by atoms with E-state index in [-0.39, 0.29) is 5.91 Å². The third kappa shape index (κ3) is 5.15. The molecule has 0 aliphatic heterocycles. The van der Waals surface area contributed by atoms with Crippen molar-refractivity contribution >= 4 is 32.6 Å². The number of para-hydroxylation sites is 1. The first kappa shape index (κ1) is 19.5. The number of amides is 1. The molecular formula is C22H27N3OS. The number of aromatic nitrogens is 1. The molecule has 0 saturated heterocycles. The molecule has 0 radical (unpaired) electrons. The molecule has 0 aliphatic rings. The molecule has 5 heteroatoms. The fourth-order valence-corrected chi connectivity index (χ4v) is 4.12. The van der Waals surface area contributed by atoms with E-state index < -0.39 is 0 Å². The second-order valence-electron chi connectivity index (χ2n) is 6.52. The fraction of sp³-hybridized carbons (Fsp3) is 0.364. The zero-order valence-electron chi connectivity index (χ0n) is 16.1. The van der Waals surface area contributed by atoms with Crippen LogP contribution in [0.2, 0.25) is 0 Å². The van der Waals surface area contributed by atoms with E-state index in [4.69, 9.17) is 4.98 Å². The van der Waals surface area contributed by atoms with Gasteiger partial charge in [0.1, 0.15) is 0 Å². The minimum Gasteiger partial charge on any atom is -0.302 e. The van der Waals surface area contributed by atoms with Crippen LogP contribution in [-0.4, -0.2) is 42.0 Å². The van der Waals surface area contributed by atoms with Crippen LogP contribution in [0.15, 0.2) is 54.6 Å². The molecule has 2 aromatic carbocycles. The highest BCUT2D eigenvalue weighted by molar-refractivity contribution is 7.22. The van der Waals surface area contributed by atoms with Gasteiger partial charge in [0.25, 0.3) is 0 Å². The molecule has 0 spiro atoms. The van der Waals surface area contributed by atoms with Crippen LogP contribution in [0.4, 0.5) is 5.13 Å². The lowest BCUT2D eigenvalue weighted by atomic mass is 10.1. The predicted octanol–water partition coefficient (Wildman–Crippen LogP) is 4.60. The van der Waals surface area contributed by atoms with E-state index >= 15 is 0 Å². The van der Waals surface area contributed by atoms with Gasteiger partial charge >= 0.3 is 0 Å². The first-order valence-electron chi connectivity index (χ1n) is 9.63. The van der Waals surface area contributed by atoms with Gasteiger partial charge in [-0.25, -0.2) is 4.98 Å². The van der Waals surface area contributed by atoms with Crippen molar-refractivity contribution in [3.05, 3.63) is 60.2 Å². The van der Waals surface area contributed by atoms with Gasteiger partial charge < -0.3 is 4.90 Å². The number of nitrogens with zero attached hydrogens (tertiary/aromatic N) is 3. The van der Waals surface area contributed by atoms with Crippen molar-refractivity contribution in [2.24, 2.45) is 0 Å². The number of rotatable bonds is 9. The largest absolute Gasteiger partial charge is 0.302 e. The van der Waals surface area contributed by atoms with Gasteiger partial charge in [0.15, 0.2) is 5.13 Å². The third-order valence-electron chi connectivity index (χ3n) is 4.82. The zero-order valence-corrected chi connectivity index (χ0v) is 16.9. The van der Waals surface area contributed by atoms with Gasteiger partial charge in [-0.05, 0) is 37.2 Å². The Bertz CT molecular complexity index is 825. The van der Waals surface area contributed by atoms with Gasteiger partial charge in [-0.1, -0.05) is 67.6 Å². The van der Waals surface area contributed by atoms with Crippen LogP contribution in [-0.2, 0) is 11.2 Å². The number of benzene rings is 2. The molecule has 0 saturated carbocycles. The quantitative estimate of drug-likeness (QED) is 0.543. The van der Waals surface area contributed by atoms with Gasteiger partial charge in [0.2, 0.25) is 5.91 Å². The Kier molecular flexibility index (Phi) is 6.96. The Morgan fingerprint density at radius 2 is 1.67 bits per heavy atom. The first-order valence-corrected chi connectivity index (χ1v) is 10.4. The lowest BCUT2D eigenvalue weighted by molar-refractivity contribution is -0.118. The van der Waals surface area contributed by atoms with Crippen LogP contribution in [0.1, 0.15) is 25.8 Å². The molecule has 1 amide bonds. The van der Waals surface area contributed by atoms with Crippen LogP contribution in [0.5, 0.6) is 0 Å². The lowest BCUT2D eigenvalue weighted by Crippen LogP contribution is -2.39. The number of hydrogen-bond acceptors (Lipinski definition) is 4. The van der Waals surface area contributed by atoms with Crippen LogP contribution >= 0.6 is 11.3 Å². The molecule has 1 heterocycles. The highest BCUT2D eigenvalue weighted by Crippen LogP contribution is 2.29.